The minimum atomic E-state index is -1.43. The summed E-state index contributed by atoms with van der Waals surface area (Å²) in [5, 5.41) is 12.0. The molecule has 9 nitrogen and oxygen atoms in total. The van der Waals surface area contributed by atoms with Crippen molar-refractivity contribution < 1.29 is 33.8 Å². The number of carbonyl (C=O) groups is 4. The molecule has 9 heteroatoms. The molecule has 1 fully saturated rings. The van der Waals surface area contributed by atoms with E-state index in [0.717, 1.165) is 16.9 Å². The number of hydrogen-bond acceptors (Lipinski definition) is 7. The van der Waals surface area contributed by atoms with Crippen molar-refractivity contribution in [2.45, 2.75) is 71.1 Å². The van der Waals surface area contributed by atoms with Gasteiger partial charge < -0.3 is 19.9 Å². The first-order valence-corrected chi connectivity index (χ1v) is 11.2. The van der Waals surface area contributed by atoms with E-state index >= 15 is 0 Å². The Bertz CT molecular complexity index is 835. The highest BCUT2D eigenvalue weighted by atomic mass is 16.6. The van der Waals surface area contributed by atoms with Gasteiger partial charge in [0.2, 0.25) is 5.91 Å². The van der Waals surface area contributed by atoms with E-state index in [4.69, 9.17) is 9.47 Å². The van der Waals surface area contributed by atoms with Crippen molar-refractivity contribution in [3.8, 4) is 0 Å². The van der Waals surface area contributed by atoms with Crippen LogP contribution in [-0.4, -0.2) is 64.8 Å². The van der Waals surface area contributed by atoms with Gasteiger partial charge in [-0.1, -0.05) is 30.3 Å². The summed E-state index contributed by atoms with van der Waals surface area (Å²) in [7, 11) is 0. The normalized spacial score (nSPS) is 19.2. The molecule has 3 atom stereocenters. The molecule has 1 heterocycles. The molecule has 1 aromatic carbocycles. The van der Waals surface area contributed by atoms with Gasteiger partial charge in [-0.25, -0.2) is 9.59 Å². The molecule has 1 aliphatic heterocycles. The number of nitrogens with zero attached hydrogens (tertiary/aromatic N) is 1. The number of amides is 3. The molecule has 0 spiro atoms. The SMILES string of the molecule is CCOC(=O)[C@@H]1C[C@H](CCCc2ccccc2)C(=O)N1C(=O)[C@@H](CO)NC(=O)OC(C)(C)C. The van der Waals surface area contributed by atoms with E-state index in [9.17, 15) is 24.3 Å². The van der Waals surface area contributed by atoms with Crippen LogP contribution in [0.3, 0.4) is 0 Å². The van der Waals surface area contributed by atoms with Gasteiger partial charge in [0.05, 0.1) is 13.2 Å². The highest BCUT2D eigenvalue weighted by molar-refractivity contribution is 6.05. The summed E-state index contributed by atoms with van der Waals surface area (Å²) in [6.45, 7) is 5.95. The van der Waals surface area contributed by atoms with E-state index in [1.807, 2.05) is 30.3 Å². The lowest BCUT2D eigenvalue weighted by Crippen LogP contribution is -2.55. The number of alkyl carbamates (subject to hydrolysis) is 1. The molecule has 1 saturated heterocycles. The zero-order valence-corrected chi connectivity index (χ0v) is 19.7. The maximum Gasteiger partial charge on any atom is 0.408 e. The second-order valence-electron chi connectivity index (χ2n) is 9.01. The van der Waals surface area contributed by atoms with E-state index in [1.54, 1.807) is 27.7 Å². The summed E-state index contributed by atoms with van der Waals surface area (Å²) in [6.07, 6.45) is 1.20. The Morgan fingerprint density at radius 3 is 2.45 bits per heavy atom. The predicted molar refractivity (Wildman–Crippen MR) is 120 cm³/mol. The second-order valence-corrected chi connectivity index (χ2v) is 9.01. The fourth-order valence-electron chi connectivity index (χ4n) is 3.77. The van der Waals surface area contributed by atoms with Crippen molar-refractivity contribution in [3.05, 3.63) is 35.9 Å². The molecule has 1 aromatic rings. The van der Waals surface area contributed by atoms with Crippen LogP contribution in [0.25, 0.3) is 0 Å². The first kappa shape index (κ1) is 26.3. The van der Waals surface area contributed by atoms with Crippen molar-refractivity contribution in [1.29, 1.82) is 0 Å². The lowest BCUT2D eigenvalue weighted by molar-refractivity contribution is -0.158. The average Bonchev–Trinajstić information content (AvgIpc) is 3.07. The number of hydrogen-bond donors (Lipinski definition) is 2. The maximum atomic E-state index is 13.1. The molecular formula is C24H34N2O7. The number of ether oxygens (including phenoxy) is 2. The number of nitrogens with one attached hydrogen (secondary N) is 1. The third-order valence-electron chi connectivity index (χ3n) is 5.23. The number of aryl methyl sites for hydroxylation is 1. The van der Waals surface area contributed by atoms with Gasteiger partial charge in [-0.05, 0) is 58.9 Å². The minimum absolute atomic E-state index is 0.101. The molecule has 0 radical (unpaired) electrons. The number of aliphatic hydroxyl groups is 1. The molecule has 2 rings (SSSR count). The van der Waals surface area contributed by atoms with Crippen molar-refractivity contribution >= 4 is 23.9 Å². The summed E-state index contributed by atoms with van der Waals surface area (Å²) in [6, 6.07) is 7.30. The van der Waals surface area contributed by atoms with Crippen molar-refractivity contribution in [2.24, 2.45) is 5.92 Å². The Labute approximate surface area is 194 Å². The van der Waals surface area contributed by atoms with Crippen molar-refractivity contribution in [2.75, 3.05) is 13.2 Å². The van der Waals surface area contributed by atoms with Gasteiger partial charge in [0, 0.05) is 5.92 Å². The summed E-state index contributed by atoms with van der Waals surface area (Å²) in [4.78, 5) is 51.7. The van der Waals surface area contributed by atoms with Gasteiger partial charge in [-0.2, -0.15) is 0 Å². The van der Waals surface area contributed by atoms with Gasteiger partial charge in [-0.15, -0.1) is 0 Å². The quantitative estimate of drug-likeness (QED) is 0.540. The van der Waals surface area contributed by atoms with Crippen LogP contribution in [0.5, 0.6) is 0 Å². The third kappa shape index (κ3) is 7.56. The Hall–Kier alpha value is -2.94. The highest BCUT2D eigenvalue weighted by Crippen LogP contribution is 2.30. The van der Waals surface area contributed by atoms with Crippen LogP contribution in [0.1, 0.15) is 52.5 Å². The number of benzene rings is 1. The van der Waals surface area contributed by atoms with Crippen LogP contribution >= 0.6 is 0 Å². The summed E-state index contributed by atoms with van der Waals surface area (Å²) in [5.41, 5.74) is 0.327. The first-order valence-electron chi connectivity index (χ1n) is 11.2. The summed E-state index contributed by atoms with van der Waals surface area (Å²) >= 11 is 0. The topological polar surface area (TPSA) is 122 Å². The van der Waals surface area contributed by atoms with E-state index in [0.29, 0.717) is 12.8 Å². The monoisotopic (exact) mass is 462 g/mol. The Balaban J connectivity index is 2.12. The van der Waals surface area contributed by atoms with E-state index in [2.05, 4.69) is 5.32 Å². The Kier molecular flexibility index (Phi) is 9.40. The van der Waals surface area contributed by atoms with Crippen LogP contribution in [0.2, 0.25) is 0 Å². The number of esters is 1. The maximum absolute atomic E-state index is 13.1. The van der Waals surface area contributed by atoms with Crippen molar-refractivity contribution in [1.82, 2.24) is 10.2 Å². The van der Waals surface area contributed by atoms with E-state index < -0.39 is 54.1 Å². The first-order chi connectivity index (χ1) is 15.6. The van der Waals surface area contributed by atoms with Gasteiger partial charge in [0.1, 0.15) is 17.7 Å². The molecule has 1 aliphatic rings. The zero-order chi connectivity index (χ0) is 24.6. The van der Waals surface area contributed by atoms with E-state index in [1.165, 1.54) is 0 Å². The molecule has 0 aromatic heterocycles. The molecule has 2 N–H and O–H groups in total. The fraction of sp³-hybridized carbons (Fsp3) is 0.583. The number of rotatable bonds is 9. The molecule has 0 saturated carbocycles. The molecule has 33 heavy (non-hydrogen) atoms. The van der Waals surface area contributed by atoms with Crippen LogP contribution in [0.15, 0.2) is 30.3 Å². The predicted octanol–water partition coefficient (Wildman–Crippen LogP) is 2.20. The molecule has 0 aliphatic carbocycles. The molecule has 0 bridgehead atoms. The average molecular weight is 463 g/mol. The van der Waals surface area contributed by atoms with Crippen molar-refractivity contribution in [3.63, 3.8) is 0 Å². The number of aliphatic hydroxyl groups excluding tert-OH is 1. The van der Waals surface area contributed by atoms with Gasteiger partial charge in [-0.3, -0.25) is 14.5 Å². The van der Waals surface area contributed by atoms with Gasteiger partial charge >= 0.3 is 12.1 Å². The third-order valence-corrected chi connectivity index (χ3v) is 5.23. The number of imide groups is 1. The fourth-order valence-corrected chi connectivity index (χ4v) is 3.77. The van der Waals surface area contributed by atoms with Crippen LogP contribution in [0.4, 0.5) is 4.79 Å². The second kappa shape index (κ2) is 11.8. The van der Waals surface area contributed by atoms with Gasteiger partial charge in [0.15, 0.2) is 0 Å². The Morgan fingerprint density at radius 2 is 1.88 bits per heavy atom. The highest BCUT2D eigenvalue weighted by Gasteiger charge is 2.48. The van der Waals surface area contributed by atoms with E-state index in [-0.39, 0.29) is 13.0 Å². The Morgan fingerprint density at radius 1 is 1.21 bits per heavy atom. The van der Waals surface area contributed by atoms with Gasteiger partial charge in [0.25, 0.3) is 5.91 Å². The smallest absolute Gasteiger partial charge is 0.408 e. The van der Waals surface area contributed by atoms with Crippen LogP contribution in [-0.2, 0) is 30.3 Å². The zero-order valence-electron chi connectivity index (χ0n) is 19.7. The lowest BCUT2D eigenvalue weighted by atomic mass is 9.96. The summed E-state index contributed by atoms with van der Waals surface area (Å²) < 4.78 is 10.2. The van der Waals surface area contributed by atoms with Crippen LogP contribution < -0.4 is 5.32 Å². The van der Waals surface area contributed by atoms with Crippen LogP contribution in [0, 0.1) is 5.92 Å². The minimum Gasteiger partial charge on any atom is -0.464 e. The molecule has 0 unspecified atom stereocenters. The molecule has 3 amide bonds. The standard InChI is InChI=1S/C24H34N2O7/c1-5-32-22(30)19-14-17(13-9-12-16-10-7-6-8-11-16)20(28)26(19)21(29)18(15-27)25-23(31)33-24(2,3)4/h6-8,10-11,17-19,27H,5,9,12-15H2,1-4H3,(H,25,31)/t17-,18+,19-/m0/s1. The lowest BCUT2D eigenvalue weighted by Gasteiger charge is -2.27. The summed E-state index contributed by atoms with van der Waals surface area (Å²) in [5.74, 6) is -2.58. The molecule has 182 valence electrons. The molecular weight excluding hydrogens is 428 g/mol. The number of carbonyl (C=O) groups excluding carboxylic acids is 4. The number of likely N-dealkylation sites (tertiary alicyclic amines) is 1. The largest absolute Gasteiger partial charge is 0.464 e.